The van der Waals surface area contributed by atoms with Crippen LogP contribution >= 0.6 is 0 Å². The summed E-state index contributed by atoms with van der Waals surface area (Å²) in [4.78, 5) is 37.8. The molecule has 0 saturated heterocycles. The average Bonchev–Trinajstić information content (AvgIpc) is 3.24. The van der Waals surface area contributed by atoms with Gasteiger partial charge in [0.1, 0.15) is 13.2 Å². The van der Waals surface area contributed by atoms with Crippen LogP contribution in [0.5, 0.6) is 0 Å². The average molecular weight is 827 g/mol. The van der Waals surface area contributed by atoms with E-state index in [1.165, 1.54) is 0 Å². The fourth-order valence-corrected chi connectivity index (χ4v) is 5.62. The molecule has 0 N–H and O–H groups in total. The van der Waals surface area contributed by atoms with Crippen molar-refractivity contribution >= 4 is 17.9 Å². The van der Waals surface area contributed by atoms with Crippen LogP contribution in [0.15, 0.2) is 134 Å². The van der Waals surface area contributed by atoms with Crippen molar-refractivity contribution in [1.82, 2.24) is 0 Å². The Morgan fingerprint density at radius 3 is 1.15 bits per heavy atom. The first-order valence-corrected chi connectivity index (χ1v) is 23.3. The van der Waals surface area contributed by atoms with Crippen LogP contribution in [0, 0.1) is 0 Å². The van der Waals surface area contributed by atoms with Gasteiger partial charge in [0.05, 0.1) is 0 Å². The van der Waals surface area contributed by atoms with Gasteiger partial charge in [-0.25, -0.2) is 0 Å². The summed E-state index contributed by atoms with van der Waals surface area (Å²) < 4.78 is 16.7. The minimum absolute atomic E-state index is 0.121. The van der Waals surface area contributed by atoms with Crippen molar-refractivity contribution in [3.8, 4) is 0 Å². The highest BCUT2D eigenvalue weighted by molar-refractivity contribution is 5.71. The molecule has 0 heterocycles. The van der Waals surface area contributed by atoms with Gasteiger partial charge in [-0.1, -0.05) is 187 Å². The number of hydrogen-bond acceptors (Lipinski definition) is 6. The van der Waals surface area contributed by atoms with E-state index >= 15 is 0 Å². The molecule has 0 fully saturated rings. The Labute approximate surface area is 366 Å². The van der Waals surface area contributed by atoms with Crippen LogP contribution in [0.25, 0.3) is 0 Å². The second kappa shape index (κ2) is 47.2. The van der Waals surface area contributed by atoms with Crippen LogP contribution in [0.2, 0.25) is 0 Å². The van der Waals surface area contributed by atoms with Crippen molar-refractivity contribution in [2.45, 2.75) is 175 Å². The topological polar surface area (TPSA) is 78.9 Å². The number of esters is 3. The van der Waals surface area contributed by atoms with Gasteiger partial charge in [0.2, 0.25) is 0 Å². The fraction of sp³-hybridized carbons (Fsp3) is 0.537. The van der Waals surface area contributed by atoms with Crippen LogP contribution in [-0.2, 0) is 28.6 Å². The van der Waals surface area contributed by atoms with Crippen molar-refractivity contribution in [3.63, 3.8) is 0 Å². The monoisotopic (exact) mass is 827 g/mol. The number of carbonyl (C=O) groups excluding carboxylic acids is 3. The first-order valence-electron chi connectivity index (χ1n) is 23.3. The first-order chi connectivity index (χ1) is 29.5. The van der Waals surface area contributed by atoms with Crippen molar-refractivity contribution in [1.29, 1.82) is 0 Å². The van der Waals surface area contributed by atoms with Gasteiger partial charge in [-0.15, -0.1) is 0 Å². The van der Waals surface area contributed by atoms with Crippen molar-refractivity contribution in [2.75, 3.05) is 13.2 Å². The van der Waals surface area contributed by atoms with Gasteiger partial charge in [0, 0.05) is 19.3 Å². The second-order valence-corrected chi connectivity index (χ2v) is 14.7. The Kier molecular flexibility index (Phi) is 43.7. The third-order valence-corrected chi connectivity index (χ3v) is 9.04. The van der Waals surface area contributed by atoms with Crippen LogP contribution in [0.4, 0.5) is 0 Å². The molecule has 0 aliphatic rings. The molecule has 0 aromatic heterocycles. The number of rotatable bonds is 39. The van der Waals surface area contributed by atoms with Gasteiger partial charge in [-0.05, 0) is 96.3 Å². The number of carbonyl (C=O) groups is 3. The summed E-state index contributed by atoms with van der Waals surface area (Å²) in [6, 6.07) is 0. The molecule has 334 valence electrons. The lowest BCUT2D eigenvalue weighted by molar-refractivity contribution is -0.167. The molecule has 0 bridgehead atoms. The zero-order valence-electron chi connectivity index (χ0n) is 37.9. The lowest BCUT2D eigenvalue weighted by Crippen LogP contribution is -2.30. The summed E-state index contributed by atoms with van der Waals surface area (Å²) in [6.45, 7) is 6.13. The lowest BCUT2D eigenvalue weighted by Gasteiger charge is -2.18. The molecule has 0 rings (SSSR count). The van der Waals surface area contributed by atoms with Gasteiger partial charge in [0.15, 0.2) is 6.10 Å². The highest BCUT2D eigenvalue weighted by Crippen LogP contribution is 2.11. The maximum Gasteiger partial charge on any atom is 0.306 e. The van der Waals surface area contributed by atoms with E-state index in [4.69, 9.17) is 14.2 Å². The molecule has 0 spiro atoms. The molecule has 0 aliphatic heterocycles. The van der Waals surface area contributed by atoms with E-state index in [1.807, 2.05) is 42.5 Å². The van der Waals surface area contributed by atoms with Gasteiger partial charge >= 0.3 is 17.9 Å². The molecule has 0 radical (unpaired) electrons. The largest absolute Gasteiger partial charge is 0.462 e. The zero-order chi connectivity index (χ0) is 43.7. The van der Waals surface area contributed by atoms with E-state index in [-0.39, 0.29) is 37.5 Å². The molecule has 0 aromatic carbocycles. The van der Waals surface area contributed by atoms with Crippen molar-refractivity contribution < 1.29 is 28.6 Å². The van der Waals surface area contributed by atoms with Crippen LogP contribution in [0.3, 0.4) is 0 Å². The quantitative estimate of drug-likeness (QED) is 0.0202. The number of unbranched alkanes of at least 4 members (excludes halogenated alkanes) is 11. The lowest BCUT2D eigenvalue weighted by atomic mass is 10.1. The summed E-state index contributed by atoms with van der Waals surface area (Å²) in [6.07, 6.45) is 65.8. The predicted molar refractivity (Wildman–Crippen MR) is 256 cm³/mol. The van der Waals surface area contributed by atoms with Gasteiger partial charge in [0.25, 0.3) is 0 Å². The smallest absolute Gasteiger partial charge is 0.306 e. The Bertz CT molecular complexity index is 1370. The Morgan fingerprint density at radius 2 is 0.683 bits per heavy atom. The summed E-state index contributed by atoms with van der Waals surface area (Å²) in [7, 11) is 0. The minimum atomic E-state index is -0.824. The third kappa shape index (κ3) is 44.6. The summed E-state index contributed by atoms with van der Waals surface area (Å²) in [5.41, 5.74) is 0. The highest BCUT2D eigenvalue weighted by atomic mass is 16.6. The molecule has 6 heteroatoms. The maximum absolute atomic E-state index is 12.7. The van der Waals surface area contributed by atoms with Crippen molar-refractivity contribution in [2.24, 2.45) is 0 Å². The Morgan fingerprint density at radius 1 is 0.350 bits per heavy atom. The third-order valence-electron chi connectivity index (χ3n) is 9.04. The standard InChI is InChI=1S/C54H82O6/c1-4-7-10-13-16-19-22-25-26-27-30-32-35-38-41-44-47-53(56)59-50-51(60-54(57)48-45-42-39-36-33-29-24-21-18-15-12-9-6-3)49-58-52(55)46-43-40-37-34-31-28-23-20-17-14-11-8-5-2/h7-12,14-21,23-26,29-30,32-33,51H,4-6,13,22,27-28,31,34-50H2,1-3H3/b10-7-,11-8-,12-9-,17-14-,18-15-,19-16-,23-20-,24-21-,26-25-,32-30-,33-29-. The maximum atomic E-state index is 12.7. The molecule has 0 aliphatic carbocycles. The predicted octanol–water partition coefficient (Wildman–Crippen LogP) is 15.1. The van der Waals surface area contributed by atoms with Gasteiger partial charge in [-0.3, -0.25) is 14.4 Å². The molecular weight excluding hydrogens is 745 g/mol. The SMILES string of the molecule is CC\C=C/C=C\C=C/C=C\CCCCCC(=O)OC(COC(=O)CCCCC/C=C\C/C=C\C/C=C\C/C=C\CC)COC(=O)CCCCCCC\C=C/C=C\C=C/CC. The number of allylic oxidation sites excluding steroid dienone is 22. The molecule has 1 atom stereocenters. The van der Waals surface area contributed by atoms with E-state index in [9.17, 15) is 14.4 Å². The van der Waals surface area contributed by atoms with Gasteiger partial charge < -0.3 is 14.2 Å². The molecule has 60 heavy (non-hydrogen) atoms. The molecule has 0 amide bonds. The van der Waals surface area contributed by atoms with E-state index in [2.05, 4.69) is 112 Å². The van der Waals surface area contributed by atoms with Crippen LogP contribution in [0.1, 0.15) is 168 Å². The molecular formula is C54H82O6. The van der Waals surface area contributed by atoms with E-state index in [0.29, 0.717) is 19.3 Å². The minimum Gasteiger partial charge on any atom is -0.462 e. The molecule has 6 nitrogen and oxygen atoms in total. The normalized spacial score (nSPS) is 13.3. The van der Waals surface area contributed by atoms with E-state index in [1.54, 1.807) is 0 Å². The molecule has 0 saturated carbocycles. The van der Waals surface area contributed by atoms with Crippen LogP contribution in [-0.4, -0.2) is 37.2 Å². The van der Waals surface area contributed by atoms with Gasteiger partial charge in [-0.2, -0.15) is 0 Å². The number of ether oxygens (including phenoxy) is 3. The highest BCUT2D eigenvalue weighted by Gasteiger charge is 2.19. The first kappa shape index (κ1) is 55.5. The summed E-state index contributed by atoms with van der Waals surface area (Å²) >= 11 is 0. The Balaban J connectivity index is 4.57. The zero-order valence-corrected chi connectivity index (χ0v) is 37.9. The molecule has 1 unspecified atom stereocenters. The van der Waals surface area contributed by atoms with Crippen molar-refractivity contribution in [3.05, 3.63) is 134 Å². The second-order valence-electron chi connectivity index (χ2n) is 14.7. The number of hydrogen-bond donors (Lipinski definition) is 0. The summed E-state index contributed by atoms with van der Waals surface area (Å²) in [5.74, 6) is -1.03. The van der Waals surface area contributed by atoms with E-state index < -0.39 is 6.10 Å². The molecule has 0 aromatic rings. The fourth-order valence-electron chi connectivity index (χ4n) is 5.62. The Hall–Kier alpha value is -4.45. The summed E-state index contributed by atoms with van der Waals surface area (Å²) in [5, 5.41) is 0. The van der Waals surface area contributed by atoms with E-state index in [0.717, 1.165) is 122 Å². The van der Waals surface area contributed by atoms with Crippen LogP contribution < -0.4 is 0 Å².